The molecule has 0 bridgehead atoms. The third-order valence-corrected chi connectivity index (χ3v) is 12.9. The standard InChI is InChI=1S/C54H34N4O2/c1-4-44-50(37-17-9-11-19-45(37)59-44)53-31(3)48-35-15-7-5-13-32(35)21-24-41(48)57(53)43-27-34(28-55)52(30(2)40(43)29-56)58-42-25-22-33-14-6-8-16-36(33)49(42)39-23-26-47-51(54(39)58)38-18-10-12-20-46(38)60-47/h4-27,30,52H,1H2,2-3H3. The monoisotopic (exact) mass is 770 g/mol. The first-order valence-corrected chi connectivity index (χ1v) is 20.2. The van der Waals surface area contributed by atoms with Crippen LogP contribution in [0.1, 0.15) is 24.3 Å². The molecular weight excluding hydrogens is 737 g/mol. The molecule has 0 aliphatic heterocycles. The minimum atomic E-state index is -0.514. The molecule has 0 saturated heterocycles. The minimum Gasteiger partial charge on any atom is -0.456 e. The van der Waals surface area contributed by atoms with Gasteiger partial charge in [0.25, 0.3) is 0 Å². The molecule has 0 saturated carbocycles. The Morgan fingerprint density at radius 2 is 1.25 bits per heavy atom. The van der Waals surface area contributed by atoms with Gasteiger partial charge in [0.15, 0.2) is 0 Å². The zero-order valence-electron chi connectivity index (χ0n) is 32.8. The predicted octanol–water partition coefficient (Wildman–Crippen LogP) is 14.4. The summed E-state index contributed by atoms with van der Waals surface area (Å²) < 4.78 is 17.4. The largest absolute Gasteiger partial charge is 0.456 e. The number of nitriles is 2. The van der Waals surface area contributed by atoms with Crippen molar-refractivity contribution in [1.29, 1.82) is 10.5 Å². The maximum Gasteiger partial charge on any atom is 0.137 e. The van der Waals surface area contributed by atoms with E-state index in [-0.39, 0.29) is 0 Å². The molecule has 2 unspecified atom stereocenters. The van der Waals surface area contributed by atoms with E-state index >= 15 is 0 Å². The molecule has 0 radical (unpaired) electrons. The molecule has 4 aromatic heterocycles. The number of hydrogen-bond donors (Lipinski definition) is 0. The van der Waals surface area contributed by atoms with E-state index in [1.165, 1.54) is 0 Å². The molecule has 4 heterocycles. The number of hydrogen-bond acceptors (Lipinski definition) is 4. The summed E-state index contributed by atoms with van der Waals surface area (Å²) in [5.41, 5.74) is 9.90. The second kappa shape index (κ2) is 12.5. The van der Waals surface area contributed by atoms with E-state index in [1.54, 1.807) is 6.08 Å². The van der Waals surface area contributed by atoms with Crippen molar-refractivity contribution in [3.05, 3.63) is 169 Å². The molecule has 0 fully saturated rings. The SMILES string of the molecule is C=Cc1oc2ccccc2c1-c1c(C)c2c3ccccc3ccc2n1C1=C(C#N)C(C)C(n2c3ccc4ccccc4c3c3ccc4oc5ccccc5c4c32)C(C#N)=C1. The van der Waals surface area contributed by atoms with Gasteiger partial charge in [-0.1, -0.05) is 111 Å². The van der Waals surface area contributed by atoms with Crippen molar-refractivity contribution >= 4 is 98.9 Å². The first-order chi connectivity index (χ1) is 29.5. The Hall–Kier alpha value is -8.06. The number of para-hydroxylation sites is 2. The summed E-state index contributed by atoms with van der Waals surface area (Å²) in [5, 5.41) is 33.6. The lowest BCUT2D eigenvalue weighted by Crippen LogP contribution is -2.25. The normalized spacial score (nSPS) is 15.9. The summed E-state index contributed by atoms with van der Waals surface area (Å²) in [6, 6.07) is 50.7. The van der Waals surface area contributed by atoms with Gasteiger partial charge in [0.1, 0.15) is 22.5 Å². The van der Waals surface area contributed by atoms with Crippen LogP contribution in [0.25, 0.3) is 110 Å². The van der Waals surface area contributed by atoms with Crippen molar-refractivity contribution in [2.75, 3.05) is 0 Å². The second-order valence-corrected chi connectivity index (χ2v) is 15.9. The maximum atomic E-state index is 11.5. The van der Waals surface area contributed by atoms with Crippen LogP contribution in [0.15, 0.2) is 166 Å². The van der Waals surface area contributed by atoms with Gasteiger partial charge in [-0.05, 0) is 82.6 Å². The molecule has 1 aliphatic rings. The van der Waals surface area contributed by atoms with E-state index in [2.05, 4.69) is 139 Å². The third-order valence-electron chi connectivity index (χ3n) is 12.9. The minimum absolute atomic E-state index is 0.422. The lowest BCUT2D eigenvalue weighted by atomic mass is 9.82. The van der Waals surface area contributed by atoms with Crippen molar-refractivity contribution < 1.29 is 8.83 Å². The molecule has 6 nitrogen and oxygen atoms in total. The number of nitrogens with zero attached hydrogens (tertiary/aromatic N) is 4. The molecule has 11 aromatic rings. The van der Waals surface area contributed by atoms with E-state index in [0.717, 1.165) is 104 Å². The van der Waals surface area contributed by atoms with Crippen LogP contribution in [0.4, 0.5) is 0 Å². The van der Waals surface area contributed by atoms with Gasteiger partial charge in [0.2, 0.25) is 0 Å². The summed E-state index contributed by atoms with van der Waals surface area (Å²) in [4.78, 5) is 0. The molecular formula is C54H34N4O2. The Morgan fingerprint density at radius 3 is 1.95 bits per heavy atom. The summed E-state index contributed by atoms with van der Waals surface area (Å²) in [6.07, 6.45) is 3.72. The summed E-state index contributed by atoms with van der Waals surface area (Å²) >= 11 is 0. The predicted molar refractivity (Wildman–Crippen MR) is 244 cm³/mol. The van der Waals surface area contributed by atoms with Crippen LogP contribution in [-0.2, 0) is 0 Å². The Labute approximate surface area is 344 Å². The van der Waals surface area contributed by atoms with Crippen LogP contribution >= 0.6 is 0 Å². The lowest BCUT2D eigenvalue weighted by molar-refractivity contribution is 0.482. The van der Waals surface area contributed by atoms with Crippen LogP contribution < -0.4 is 0 Å². The number of fused-ring (bicyclic) bond motifs is 13. The molecule has 0 amide bonds. The van der Waals surface area contributed by atoms with E-state index in [0.29, 0.717) is 22.6 Å². The number of rotatable bonds is 4. The summed E-state index contributed by atoms with van der Waals surface area (Å²) in [7, 11) is 0. The first-order valence-electron chi connectivity index (χ1n) is 20.2. The first kappa shape index (κ1) is 34.0. The highest BCUT2D eigenvalue weighted by atomic mass is 16.3. The second-order valence-electron chi connectivity index (χ2n) is 15.9. The molecule has 2 atom stereocenters. The molecule has 282 valence electrons. The molecule has 6 heteroatoms. The lowest BCUT2D eigenvalue weighted by Gasteiger charge is -2.32. The molecule has 12 rings (SSSR count). The number of allylic oxidation sites excluding steroid dienone is 4. The Kier molecular flexibility index (Phi) is 7.07. The van der Waals surface area contributed by atoms with Crippen LogP contribution in [0.2, 0.25) is 0 Å². The maximum absolute atomic E-state index is 11.5. The Balaban J connectivity index is 1.20. The fourth-order valence-electron chi connectivity index (χ4n) is 10.4. The Morgan fingerprint density at radius 1 is 0.617 bits per heavy atom. The highest BCUT2D eigenvalue weighted by Crippen LogP contribution is 2.51. The van der Waals surface area contributed by atoms with Gasteiger partial charge in [0, 0.05) is 32.8 Å². The van der Waals surface area contributed by atoms with Crippen LogP contribution in [-0.4, -0.2) is 9.13 Å². The summed E-state index contributed by atoms with van der Waals surface area (Å²) in [5.74, 6) is 0.223. The Bertz CT molecular complexity index is 3860. The molecule has 0 N–H and O–H groups in total. The average Bonchev–Trinajstić information content (AvgIpc) is 4.03. The topological polar surface area (TPSA) is 83.7 Å². The van der Waals surface area contributed by atoms with Crippen LogP contribution in [0.3, 0.4) is 0 Å². The van der Waals surface area contributed by atoms with Gasteiger partial charge in [-0.15, -0.1) is 0 Å². The highest BCUT2D eigenvalue weighted by Gasteiger charge is 2.37. The fraction of sp³-hybridized carbons (Fsp3) is 0.0741. The number of benzene rings is 7. The van der Waals surface area contributed by atoms with Gasteiger partial charge in [0.05, 0.1) is 68.2 Å². The van der Waals surface area contributed by atoms with Gasteiger partial charge in [-0.3, -0.25) is 0 Å². The van der Waals surface area contributed by atoms with Gasteiger partial charge in [-0.2, -0.15) is 10.5 Å². The molecule has 7 aromatic carbocycles. The highest BCUT2D eigenvalue weighted by molar-refractivity contribution is 6.28. The zero-order chi connectivity index (χ0) is 40.4. The van der Waals surface area contributed by atoms with Gasteiger partial charge >= 0.3 is 0 Å². The zero-order valence-corrected chi connectivity index (χ0v) is 32.8. The van der Waals surface area contributed by atoms with E-state index < -0.39 is 12.0 Å². The molecule has 0 spiro atoms. The molecule has 1 aliphatic carbocycles. The van der Waals surface area contributed by atoms with Crippen molar-refractivity contribution in [2.24, 2.45) is 5.92 Å². The third kappa shape index (κ3) is 4.40. The van der Waals surface area contributed by atoms with E-state index in [1.807, 2.05) is 42.5 Å². The summed E-state index contributed by atoms with van der Waals surface area (Å²) in [6.45, 7) is 8.41. The number of aromatic nitrogens is 2. The quantitative estimate of drug-likeness (QED) is 0.178. The fourth-order valence-corrected chi connectivity index (χ4v) is 10.4. The number of furan rings is 2. The van der Waals surface area contributed by atoms with Crippen LogP contribution in [0, 0.1) is 35.5 Å². The number of aryl methyl sites for hydroxylation is 1. The molecule has 60 heavy (non-hydrogen) atoms. The van der Waals surface area contributed by atoms with Crippen molar-refractivity contribution in [3.63, 3.8) is 0 Å². The van der Waals surface area contributed by atoms with Crippen LogP contribution in [0.5, 0.6) is 0 Å². The van der Waals surface area contributed by atoms with Crippen molar-refractivity contribution in [3.8, 4) is 23.4 Å². The van der Waals surface area contributed by atoms with Crippen molar-refractivity contribution in [2.45, 2.75) is 19.9 Å². The van der Waals surface area contributed by atoms with Gasteiger partial charge in [-0.25, -0.2) is 0 Å². The van der Waals surface area contributed by atoms with Gasteiger partial charge < -0.3 is 18.0 Å². The average molecular weight is 771 g/mol. The van der Waals surface area contributed by atoms with E-state index in [4.69, 9.17) is 8.83 Å². The van der Waals surface area contributed by atoms with E-state index in [9.17, 15) is 10.5 Å². The van der Waals surface area contributed by atoms with Crippen molar-refractivity contribution in [1.82, 2.24) is 9.13 Å². The smallest absolute Gasteiger partial charge is 0.137 e.